The normalized spacial score (nSPS) is 35.2. The zero-order valence-electron chi connectivity index (χ0n) is 9.86. The number of halogens is 1. The maximum Gasteiger partial charge on any atom is 0.0963 e. The Bertz CT molecular complexity index is 206. The second-order valence-corrected chi connectivity index (χ2v) is 5.84. The van der Waals surface area contributed by atoms with Crippen LogP contribution in [0.3, 0.4) is 0 Å². The molecule has 0 saturated heterocycles. The molecule has 2 rings (SSSR count). The lowest BCUT2D eigenvalue weighted by Gasteiger charge is -2.42. The number of methoxy groups -OCH3 is 1. The van der Waals surface area contributed by atoms with Crippen LogP contribution in [0.15, 0.2) is 0 Å². The molecule has 4 heteroatoms. The monoisotopic (exact) mass is 292 g/mol. The van der Waals surface area contributed by atoms with Gasteiger partial charge in [-0.3, -0.25) is 0 Å². The fourth-order valence-corrected chi connectivity index (χ4v) is 3.27. The third-order valence-electron chi connectivity index (χ3n) is 3.45. The Hall–Kier alpha value is 0.360. The molecule has 0 aromatic heterocycles. The van der Waals surface area contributed by atoms with Crippen LogP contribution in [-0.4, -0.2) is 43.5 Å². The quantitative estimate of drug-likeness (QED) is 0.556. The van der Waals surface area contributed by atoms with Crippen LogP contribution in [0.25, 0.3) is 0 Å². The lowest BCUT2D eigenvalue weighted by atomic mass is 9.91. The summed E-state index contributed by atoms with van der Waals surface area (Å²) in [6, 6.07) is 0. The SMILES string of the molecule is COCCOC1C(Br)CC1OC1CCCC1. The van der Waals surface area contributed by atoms with Crippen LogP contribution < -0.4 is 0 Å². The molecule has 2 aliphatic rings. The Morgan fingerprint density at radius 3 is 2.56 bits per heavy atom. The first kappa shape index (κ1) is 12.8. The minimum Gasteiger partial charge on any atom is -0.382 e. The predicted octanol–water partition coefficient (Wildman–Crippen LogP) is 2.51. The minimum atomic E-state index is 0.218. The Morgan fingerprint density at radius 2 is 1.94 bits per heavy atom. The van der Waals surface area contributed by atoms with Crippen molar-refractivity contribution in [1.29, 1.82) is 0 Å². The number of hydrogen-bond donors (Lipinski definition) is 0. The van der Waals surface area contributed by atoms with Crippen molar-refractivity contribution < 1.29 is 14.2 Å². The van der Waals surface area contributed by atoms with E-state index in [4.69, 9.17) is 14.2 Å². The summed E-state index contributed by atoms with van der Waals surface area (Å²) in [5.74, 6) is 0. The van der Waals surface area contributed by atoms with E-state index in [1.807, 2.05) is 0 Å². The smallest absolute Gasteiger partial charge is 0.0963 e. The molecule has 0 aromatic rings. The molecule has 0 radical (unpaired) electrons. The van der Waals surface area contributed by atoms with Crippen LogP contribution in [0.2, 0.25) is 0 Å². The highest BCUT2D eigenvalue weighted by atomic mass is 79.9. The lowest BCUT2D eigenvalue weighted by Crippen LogP contribution is -2.52. The van der Waals surface area contributed by atoms with E-state index in [1.165, 1.54) is 25.7 Å². The minimum absolute atomic E-state index is 0.218. The van der Waals surface area contributed by atoms with E-state index in [0.29, 0.717) is 30.2 Å². The maximum atomic E-state index is 6.07. The Balaban J connectivity index is 1.68. The number of rotatable bonds is 6. The van der Waals surface area contributed by atoms with Crippen molar-refractivity contribution in [1.82, 2.24) is 0 Å². The van der Waals surface area contributed by atoms with E-state index < -0.39 is 0 Å². The number of alkyl halides is 1. The van der Waals surface area contributed by atoms with Crippen LogP contribution in [0.4, 0.5) is 0 Å². The number of hydrogen-bond acceptors (Lipinski definition) is 3. The highest BCUT2D eigenvalue weighted by Gasteiger charge is 2.42. The molecule has 0 aromatic carbocycles. The van der Waals surface area contributed by atoms with Crippen molar-refractivity contribution in [3.8, 4) is 0 Å². The highest BCUT2D eigenvalue weighted by Crippen LogP contribution is 2.36. The van der Waals surface area contributed by atoms with E-state index in [9.17, 15) is 0 Å². The van der Waals surface area contributed by atoms with Gasteiger partial charge in [-0.1, -0.05) is 28.8 Å². The third kappa shape index (κ3) is 3.19. The van der Waals surface area contributed by atoms with E-state index in [-0.39, 0.29) is 6.10 Å². The summed E-state index contributed by atoms with van der Waals surface area (Å²) < 4.78 is 16.8. The van der Waals surface area contributed by atoms with Crippen LogP contribution >= 0.6 is 15.9 Å². The zero-order valence-corrected chi connectivity index (χ0v) is 11.4. The van der Waals surface area contributed by atoms with Crippen molar-refractivity contribution in [2.75, 3.05) is 20.3 Å². The van der Waals surface area contributed by atoms with Gasteiger partial charge < -0.3 is 14.2 Å². The lowest BCUT2D eigenvalue weighted by molar-refractivity contribution is -0.148. The molecule has 0 aliphatic heterocycles. The molecule has 3 nitrogen and oxygen atoms in total. The topological polar surface area (TPSA) is 27.7 Å². The summed E-state index contributed by atoms with van der Waals surface area (Å²) in [4.78, 5) is 0.454. The van der Waals surface area contributed by atoms with Crippen molar-refractivity contribution in [3.05, 3.63) is 0 Å². The summed E-state index contributed by atoms with van der Waals surface area (Å²) in [6.45, 7) is 1.32. The van der Waals surface area contributed by atoms with Gasteiger partial charge >= 0.3 is 0 Å². The third-order valence-corrected chi connectivity index (χ3v) is 4.34. The Morgan fingerprint density at radius 1 is 1.19 bits per heavy atom. The standard InChI is InChI=1S/C12H21BrO3/c1-14-6-7-15-12-10(13)8-11(12)16-9-4-2-3-5-9/h9-12H,2-8H2,1H3. The second-order valence-electron chi connectivity index (χ2n) is 4.66. The van der Waals surface area contributed by atoms with Gasteiger partial charge in [0, 0.05) is 11.9 Å². The molecule has 0 spiro atoms. The van der Waals surface area contributed by atoms with E-state index in [0.717, 1.165) is 6.42 Å². The molecule has 0 amide bonds. The van der Waals surface area contributed by atoms with Crippen molar-refractivity contribution in [2.45, 2.75) is 55.2 Å². The molecule has 0 heterocycles. The molecule has 0 bridgehead atoms. The van der Waals surface area contributed by atoms with Gasteiger partial charge in [-0.25, -0.2) is 0 Å². The molecule has 2 saturated carbocycles. The summed E-state index contributed by atoms with van der Waals surface area (Å²) in [5.41, 5.74) is 0. The Kier molecular flexibility index (Phi) is 5.07. The fraction of sp³-hybridized carbons (Fsp3) is 1.00. The molecule has 3 unspecified atom stereocenters. The van der Waals surface area contributed by atoms with Crippen molar-refractivity contribution in [2.24, 2.45) is 0 Å². The van der Waals surface area contributed by atoms with Crippen molar-refractivity contribution >= 4 is 15.9 Å². The molecule has 2 fully saturated rings. The summed E-state index contributed by atoms with van der Waals surface area (Å²) in [6.07, 6.45) is 7.18. The van der Waals surface area contributed by atoms with Gasteiger partial charge in [0.15, 0.2) is 0 Å². The number of ether oxygens (including phenoxy) is 3. The zero-order chi connectivity index (χ0) is 11.4. The van der Waals surface area contributed by atoms with E-state index >= 15 is 0 Å². The first-order valence-electron chi connectivity index (χ1n) is 6.21. The molecular weight excluding hydrogens is 272 g/mol. The van der Waals surface area contributed by atoms with Crippen molar-refractivity contribution in [3.63, 3.8) is 0 Å². The second kappa shape index (κ2) is 6.34. The molecule has 0 N–H and O–H groups in total. The predicted molar refractivity (Wildman–Crippen MR) is 66.1 cm³/mol. The van der Waals surface area contributed by atoms with Crippen LogP contribution in [0.1, 0.15) is 32.1 Å². The van der Waals surface area contributed by atoms with Crippen LogP contribution in [0.5, 0.6) is 0 Å². The van der Waals surface area contributed by atoms with Gasteiger partial charge in [-0.05, 0) is 19.3 Å². The molecular formula is C12H21BrO3. The Labute approximate surface area is 106 Å². The molecule has 16 heavy (non-hydrogen) atoms. The first-order chi connectivity index (χ1) is 7.81. The fourth-order valence-electron chi connectivity index (χ4n) is 2.41. The molecule has 2 aliphatic carbocycles. The summed E-state index contributed by atoms with van der Waals surface area (Å²) >= 11 is 3.62. The van der Waals surface area contributed by atoms with Gasteiger partial charge in [-0.15, -0.1) is 0 Å². The molecule has 3 atom stereocenters. The van der Waals surface area contributed by atoms with Gasteiger partial charge in [0.05, 0.1) is 31.5 Å². The van der Waals surface area contributed by atoms with Crippen LogP contribution in [0, 0.1) is 0 Å². The highest BCUT2D eigenvalue weighted by molar-refractivity contribution is 9.09. The average Bonchev–Trinajstić information content (AvgIpc) is 2.76. The van der Waals surface area contributed by atoms with Gasteiger partial charge in [0.1, 0.15) is 0 Å². The van der Waals surface area contributed by atoms with Gasteiger partial charge in [0.25, 0.3) is 0 Å². The first-order valence-corrected chi connectivity index (χ1v) is 7.13. The maximum absolute atomic E-state index is 6.07. The van der Waals surface area contributed by atoms with E-state index in [2.05, 4.69) is 15.9 Å². The van der Waals surface area contributed by atoms with Gasteiger partial charge in [-0.2, -0.15) is 0 Å². The van der Waals surface area contributed by atoms with E-state index in [1.54, 1.807) is 7.11 Å². The van der Waals surface area contributed by atoms with Crippen LogP contribution in [-0.2, 0) is 14.2 Å². The molecule has 94 valence electrons. The largest absolute Gasteiger partial charge is 0.382 e. The average molecular weight is 293 g/mol. The summed E-state index contributed by atoms with van der Waals surface area (Å²) in [5, 5.41) is 0. The summed E-state index contributed by atoms with van der Waals surface area (Å²) in [7, 11) is 1.70. The van der Waals surface area contributed by atoms with Gasteiger partial charge in [0.2, 0.25) is 0 Å².